The Labute approximate surface area is 453 Å². The Balaban J connectivity index is 0.000000223. The SMILES string of the molecule is Cc1ccnc(-c2cc(C=Cc3ccncc3)ccn2)c1.Cc1ccnc(-c2cc(C=Cc3ccncc3)ccn2)c1.Cc1ccnc(-c2cc(C=Cc3ccncc3)ccn2)c1.F[P-](F)(F)(F)(F)F.F[P-](F)(F)(F)(F)F.[Os+2]. The number of hydrogen-bond donors (Lipinski definition) is 0. The molecule has 0 aromatic carbocycles. The van der Waals surface area contributed by atoms with E-state index in [1.165, 1.54) is 16.7 Å². The molecule has 0 aliphatic rings. The van der Waals surface area contributed by atoms with Crippen molar-refractivity contribution in [3.8, 4) is 34.2 Å². The largest absolute Gasteiger partial charge is 2.00 e. The Morgan fingerprint density at radius 3 is 0.628 bits per heavy atom. The molecule has 9 aromatic rings. The second-order valence-electron chi connectivity index (χ2n) is 16.3. The van der Waals surface area contributed by atoms with E-state index in [2.05, 4.69) is 102 Å². The van der Waals surface area contributed by atoms with E-state index in [0.29, 0.717) is 0 Å². The first-order valence-electron chi connectivity index (χ1n) is 22.4. The number of aromatic nitrogens is 9. The standard InChI is InChI=1S/3C18H15N3.2F6P.Os/c3*1-14-4-10-20-17(12-14)18-13-16(7-11-21-18)3-2-15-5-8-19-9-6-15;2*1-7(2,3,4,5)6;/h3*2-13H,1H3;;;/q;;;2*-1;+2. The average Bonchev–Trinajstić information content (AvgIpc) is 3.38. The Morgan fingerprint density at radius 1 is 0.256 bits per heavy atom. The number of rotatable bonds is 9. The molecule has 0 aliphatic carbocycles. The fourth-order valence-corrected chi connectivity index (χ4v) is 6.10. The number of hydrogen-bond acceptors (Lipinski definition) is 9. The summed E-state index contributed by atoms with van der Waals surface area (Å²) in [5.74, 6) is 0. The van der Waals surface area contributed by atoms with Gasteiger partial charge in [-0.05, 0) is 180 Å². The molecule has 0 aliphatic heterocycles. The van der Waals surface area contributed by atoms with E-state index in [-0.39, 0.29) is 19.8 Å². The third-order valence-electron chi connectivity index (χ3n) is 9.41. The zero-order valence-corrected chi connectivity index (χ0v) is 45.4. The van der Waals surface area contributed by atoms with E-state index >= 15 is 0 Å². The Hall–Kier alpha value is -7.77. The van der Waals surface area contributed by atoms with Crippen LogP contribution in [0.1, 0.15) is 50.1 Å². The van der Waals surface area contributed by atoms with E-state index in [9.17, 15) is 50.4 Å². The number of pyridine rings is 9. The van der Waals surface area contributed by atoms with Crippen molar-refractivity contribution < 1.29 is 70.2 Å². The van der Waals surface area contributed by atoms with Crippen LogP contribution < -0.4 is 0 Å². The van der Waals surface area contributed by atoms with Gasteiger partial charge >= 0.3 is 85.8 Å². The zero-order valence-electron chi connectivity index (χ0n) is 41.1. The monoisotopic (exact) mass is 1300 g/mol. The molecule has 9 aromatic heterocycles. The quantitative estimate of drug-likeness (QED) is 0.103. The van der Waals surface area contributed by atoms with Gasteiger partial charge in [-0.15, -0.1) is 0 Å². The van der Waals surface area contributed by atoms with Crippen LogP contribution in [0.15, 0.2) is 184 Å². The molecule has 24 heteroatoms. The van der Waals surface area contributed by atoms with E-state index in [1.807, 2.05) is 146 Å². The van der Waals surface area contributed by atoms with E-state index < -0.39 is 15.6 Å². The molecule has 0 unspecified atom stereocenters. The first kappa shape index (κ1) is 62.8. The molecule has 0 atom stereocenters. The fraction of sp³-hybridized carbons (Fsp3) is 0.0556. The van der Waals surface area contributed by atoms with Crippen molar-refractivity contribution in [2.75, 3.05) is 0 Å². The van der Waals surface area contributed by atoms with Gasteiger partial charge in [0.05, 0.1) is 34.2 Å². The summed E-state index contributed by atoms with van der Waals surface area (Å²) in [5, 5.41) is 0. The molecule has 9 heterocycles. The van der Waals surface area contributed by atoms with Crippen molar-refractivity contribution >= 4 is 52.1 Å². The van der Waals surface area contributed by atoms with Gasteiger partial charge in [0, 0.05) is 74.4 Å². The van der Waals surface area contributed by atoms with Gasteiger partial charge in [-0.2, -0.15) is 0 Å². The normalized spacial score (nSPS) is 13.0. The van der Waals surface area contributed by atoms with Crippen molar-refractivity contribution in [2.45, 2.75) is 20.8 Å². The molecule has 0 radical (unpaired) electrons. The summed E-state index contributed by atoms with van der Waals surface area (Å²) in [6, 6.07) is 36.0. The van der Waals surface area contributed by atoms with Crippen LogP contribution in [-0.4, -0.2) is 44.9 Å². The number of aryl methyl sites for hydroxylation is 3. The molecule has 0 spiro atoms. The van der Waals surface area contributed by atoms with Gasteiger partial charge in [0.1, 0.15) is 0 Å². The molecule has 0 saturated heterocycles. The molecule has 408 valence electrons. The predicted octanol–water partition coefficient (Wildman–Crippen LogP) is 18.8. The minimum absolute atomic E-state index is 0. The molecule has 78 heavy (non-hydrogen) atoms. The Bertz CT molecular complexity index is 3090. The van der Waals surface area contributed by atoms with Crippen molar-refractivity contribution in [3.05, 3.63) is 234 Å². The maximum absolute atomic E-state index is 10.7. The van der Waals surface area contributed by atoms with Crippen LogP contribution in [0.3, 0.4) is 0 Å². The van der Waals surface area contributed by atoms with Crippen LogP contribution in [0.2, 0.25) is 0 Å². The topological polar surface area (TPSA) is 116 Å². The van der Waals surface area contributed by atoms with Gasteiger partial charge in [0.2, 0.25) is 0 Å². The molecule has 9 nitrogen and oxygen atoms in total. The minimum atomic E-state index is -10.7. The second kappa shape index (κ2) is 25.6. The first-order valence-corrected chi connectivity index (χ1v) is 26.4. The summed E-state index contributed by atoms with van der Waals surface area (Å²) in [6.45, 7) is 6.16. The van der Waals surface area contributed by atoms with Crippen LogP contribution in [0.25, 0.3) is 70.6 Å². The summed E-state index contributed by atoms with van der Waals surface area (Å²) < 4.78 is 118. The molecule has 0 amide bonds. The maximum atomic E-state index is 9.87. The summed E-state index contributed by atoms with van der Waals surface area (Å²) in [7, 11) is -21.3. The average molecular weight is 1300 g/mol. The van der Waals surface area contributed by atoms with Gasteiger partial charge in [-0.3, -0.25) is 44.9 Å². The van der Waals surface area contributed by atoms with Crippen molar-refractivity contribution in [1.82, 2.24) is 44.9 Å². The molecule has 0 saturated carbocycles. The Kier molecular flexibility index (Phi) is 20.6. The number of nitrogens with zero attached hydrogens (tertiary/aromatic N) is 9. The van der Waals surface area contributed by atoms with Gasteiger partial charge < -0.3 is 0 Å². The predicted molar refractivity (Wildman–Crippen MR) is 283 cm³/mol. The molecular weight excluding hydrogens is 1250 g/mol. The summed E-state index contributed by atoms with van der Waals surface area (Å²) in [6.07, 6.45) is 34.0. The van der Waals surface area contributed by atoms with E-state index in [1.54, 1.807) is 37.2 Å². The van der Waals surface area contributed by atoms with Crippen molar-refractivity contribution in [3.63, 3.8) is 0 Å². The van der Waals surface area contributed by atoms with Crippen LogP contribution in [0.4, 0.5) is 50.4 Å². The first-order chi connectivity index (χ1) is 35.8. The third kappa shape index (κ3) is 28.9. The summed E-state index contributed by atoms with van der Waals surface area (Å²) in [5.41, 5.74) is 15.5. The Morgan fingerprint density at radius 2 is 0.423 bits per heavy atom. The smallest absolute Gasteiger partial charge is 2.00 e. The number of halogens is 12. The summed E-state index contributed by atoms with van der Waals surface area (Å²) >= 11 is 0. The minimum Gasteiger partial charge on any atom is 2.00 e. The molecule has 0 fully saturated rings. The van der Waals surface area contributed by atoms with Crippen LogP contribution in [0.5, 0.6) is 0 Å². The molecular formula is C54H45F12N9OsP2. The van der Waals surface area contributed by atoms with Gasteiger partial charge in [0.15, 0.2) is 0 Å². The third-order valence-corrected chi connectivity index (χ3v) is 9.41. The second-order valence-corrected chi connectivity index (χ2v) is 20.2. The van der Waals surface area contributed by atoms with Gasteiger partial charge in [-0.25, -0.2) is 0 Å². The van der Waals surface area contributed by atoms with Crippen molar-refractivity contribution in [1.29, 1.82) is 0 Å². The van der Waals surface area contributed by atoms with Crippen molar-refractivity contribution in [2.24, 2.45) is 0 Å². The zero-order chi connectivity index (χ0) is 56.3. The van der Waals surface area contributed by atoms with Crippen LogP contribution in [-0.2, 0) is 19.8 Å². The van der Waals surface area contributed by atoms with Gasteiger partial charge in [0.25, 0.3) is 0 Å². The molecule has 0 N–H and O–H groups in total. The molecule has 0 bridgehead atoms. The van der Waals surface area contributed by atoms with Gasteiger partial charge in [-0.1, -0.05) is 36.5 Å². The summed E-state index contributed by atoms with van der Waals surface area (Å²) in [4.78, 5) is 38.4. The molecule has 9 rings (SSSR count). The van der Waals surface area contributed by atoms with E-state index in [0.717, 1.165) is 67.5 Å². The van der Waals surface area contributed by atoms with E-state index in [4.69, 9.17) is 0 Å². The van der Waals surface area contributed by atoms with Crippen LogP contribution in [0, 0.1) is 20.8 Å². The van der Waals surface area contributed by atoms with Crippen LogP contribution >= 0.6 is 15.6 Å². The maximum Gasteiger partial charge on any atom is 2.00 e. The fourth-order valence-electron chi connectivity index (χ4n) is 6.10.